The highest BCUT2D eigenvalue weighted by molar-refractivity contribution is 4.89. The van der Waals surface area contributed by atoms with E-state index < -0.39 is 0 Å². The first-order chi connectivity index (χ1) is 9.38. The predicted octanol–water partition coefficient (Wildman–Crippen LogP) is 0.801. The number of hydrogen-bond acceptors (Lipinski definition) is 4. The summed E-state index contributed by atoms with van der Waals surface area (Å²) in [7, 11) is 0. The molecule has 0 unspecified atom stereocenters. The largest absolute Gasteiger partial charge is 0.317 e. The lowest BCUT2D eigenvalue weighted by atomic mass is 10.3. The van der Waals surface area contributed by atoms with E-state index in [9.17, 15) is 0 Å². The Morgan fingerprint density at radius 2 is 1.11 bits per heavy atom. The van der Waals surface area contributed by atoms with Crippen LogP contribution in [0.5, 0.6) is 0 Å². The van der Waals surface area contributed by atoms with E-state index in [0.717, 1.165) is 51.1 Å². The molecule has 0 aromatic heterocycles. The highest BCUT2D eigenvalue weighted by atomic mass is 14.9. The Hall–Kier alpha value is -0.160. The zero-order valence-corrected chi connectivity index (χ0v) is 12.9. The molecule has 1 rings (SSSR count). The second-order valence-electron chi connectivity index (χ2n) is 5.58. The van der Waals surface area contributed by atoms with Crippen molar-refractivity contribution in [2.24, 2.45) is 11.8 Å². The summed E-state index contributed by atoms with van der Waals surface area (Å²) >= 11 is 0. The first-order valence-electron chi connectivity index (χ1n) is 8.21. The van der Waals surface area contributed by atoms with Crippen LogP contribution in [-0.2, 0) is 0 Å². The van der Waals surface area contributed by atoms with Crippen molar-refractivity contribution in [2.75, 3.05) is 52.4 Å². The molecule has 0 aromatic rings. The van der Waals surface area contributed by atoms with Gasteiger partial charge in [0, 0.05) is 0 Å². The summed E-state index contributed by atoms with van der Waals surface area (Å²) in [6.45, 7) is 13.5. The maximum atomic E-state index is 3.58. The van der Waals surface area contributed by atoms with Crippen LogP contribution in [0.3, 0.4) is 0 Å². The van der Waals surface area contributed by atoms with Gasteiger partial charge in [0.2, 0.25) is 0 Å². The van der Waals surface area contributed by atoms with Crippen LogP contribution in [-0.4, -0.2) is 52.4 Å². The molecule has 0 aromatic carbocycles. The molecular formula is C15H34N4. The highest BCUT2D eigenvalue weighted by Crippen LogP contribution is 2.36. The molecule has 0 spiro atoms. The van der Waals surface area contributed by atoms with Gasteiger partial charge in [-0.3, -0.25) is 0 Å². The van der Waals surface area contributed by atoms with E-state index in [1.807, 2.05) is 0 Å². The van der Waals surface area contributed by atoms with Crippen molar-refractivity contribution < 1.29 is 0 Å². The van der Waals surface area contributed by atoms with Crippen LogP contribution in [0, 0.1) is 11.8 Å². The fourth-order valence-electron chi connectivity index (χ4n) is 2.42. The molecule has 4 nitrogen and oxygen atoms in total. The van der Waals surface area contributed by atoms with Gasteiger partial charge in [-0.25, -0.2) is 0 Å². The fraction of sp³-hybridized carbons (Fsp3) is 1.00. The number of rotatable bonds is 14. The molecule has 0 bridgehead atoms. The molecular weight excluding hydrogens is 236 g/mol. The Morgan fingerprint density at radius 1 is 0.684 bits per heavy atom. The molecule has 1 aliphatic rings. The Morgan fingerprint density at radius 3 is 1.53 bits per heavy atom. The summed E-state index contributed by atoms with van der Waals surface area (Å²) in [6.07, 6.45) is 3.90. The van der Waals surface area contributed by atoms with E-state index >= 15 is 0 Å². The third-order valence-corrected chi connectivity index (χ3v) is 3.80. The van der Waals surface area contributed by atoms with Gasteiger partial charge < -0.3 is 21.3 Å². The molecule has 19 heavy (non-hydrogen) atoms. The molecule has 114 valence electrons. The van der Waals surface area contributed by atoms with Gasteiger partial charge in [0.05, 0.1) is 0 Å². The molecule has 2 atom stereocenters. The second kappa shape index (κ2) is 11.6. The van der Waals surface area contributed by atoms with Gasteiger partial charge in [-0.05, 0) is 83.5 Å². The second-order valence-corrected chi connectivity index (χ2v) is 5.58. The van der Waals surface area contributed by atoms with Crippen LogP contribution >= 0.6 is 0 Å². The predicted molar refractivity (Wildman–Crippen MR) is 83.7 cm³/mol. The lowest BCUT2D eigenvalue weighted by Crippen LogP contribution is -2.26. The Balaban J connectivity index is 1.76. The van der Waals surface area contributed by atoms with Crippen LogP contribution in [0.1, 0.15) is 33.1 Å². The quantitative estimate of drug-likeness (QED) is 0.353. The Bertz CT molecular complexity index is 179. The third kappa shape index (κ3) is 9.38. The highest BCUT2D eigenvalue weighted by Gasteiger charge is 2.35. The Labute approximate surface area is 119 Å². The summed E-state index contributed by atoms with van der Waals surface area (Å²) in [5, 5.41) is 13.9. The molecule has 1 saturated carbocycles. The summed E-state index contributed by atoms with van der Waals surface area (Å²) < 4.78 is 0. The Kier molecular flexibility index (Phi) is 10.4. The number of nitrogens with one attached hydrogen (secondary N) is 4. The van der Waals surface area contributed by atoms with E-state index in [1.165, 1.54) is 32.4 Å². The zero-order chi connectivity index (χ0) is 13.8. The van der Waals surface area contributed by atoms with E-state index in [4.69, 9.17) is 0 Å². The average Bonchev–Trinajstić information content (AvgIpc) is 3.16. The first-order valence-corrected chi connectivity index (χ1v) is 8.21. The summed E-state index contributed by atoms with van der Waals surface area (Å²) in [4.78, 5) is 0. The normalized spacial score (nSPS) is 21.8. The first kappa shape index (κ1) is 16.9. The number of hydrogen-bond donors (Lipinski definition) is 4. The van der Waals surface area contributed by atoms with Crippen molar-refractivity contribution in [1.29, 1.82) is 0 Å². The van der Waals surface area contributed by atoms with Gasteiger partial charge in [0.25, 0.3) is 0 Å². The lowest BCUT2D eigenvalue weighted by molar-refractivity contribution is 0.537. The van der Waals surface area contributed by atoms with Crippen LogP contribution in [0.4, 0.5) is 0 Å². The molecule has 1 aliphatic carbocycles. The molecule has 0 aliphatic heterocycles. The van der Waals surface area contributed by atoms with Gasteiger partial charge in [-0.1, -0.05) is 13.8 Å². The SMILES string of the molecule is CCNCCCNC[C@H]1C[C@@H]1CNCCCNCC. The molecule has 0 radical (unpaired) electrons. The van der Waals surface area contributed by atoms with Gasteiger partial charge in [-0.15, -0.1) is 0 Å². The molecule has 0 saturated heterocycles. The van der Waals surface area contributed by atoms with Crippen LogP contribution in [0.15, 0.2) is 0 Å². The zero-order valence-electron chi connectivity index (χ0n) is 12.9. The third-order valence-electron chi connectivity index (χ3n) is 3.80. The smallest absolute Gasteiger partial charge is 0.00173 e. The summed E-state index contributed by atoms with van der Waals surface area (Å²) in [5.41, 5.74) is 0. The minimum Gasteiger partial charge on any atom is -0.317 e. The van der Waals surface area contributed by atoms with Crippen LogP contribution < -0.4 is 21.3 Å². The van der Waals surface area contributed by atoms with Crippen molar-refractivity contribution >= 4 is 0 Å². The molecule has 1 fully saturated rings. The molecule has 0 heterocycles. The van der Waals surface area contributed by atoms with E-state index in [0.29, 0.717) is 0 Å². The maximum absolute atomic E-state index is 3.58. The van der Waals surface area contributed by atoms with Crippen molar-refractivity contribution in [1.82, 2.24) is 21.3 Å². The van der Waals surface area contributed by atoms with Crippen LogP contribution in [0.2, 0.25) is 0 Å². The van der Waals surface area contributed by atoms with Crippen molar-refractivity contribution in [3.63, 3.8) is 0 Å². The average molecular weight is 270 g/mol. The summed E-state index contributed by atoms with van der Waals surface area (Å²) in [5.74, 6) is 1.86. The molecule has 0 amide bonds. The fourth-order valence-corrected chi connectivity index (χ4v) is 2.42. The molecule has 4 N–H and O–H groups in total. The minimum atomic E-state index is 0.931. The van der Waals surface area contributed by atoms with Crippen molar-refractivity contribution in [2.45, 2.75) is 33.1 Å². The van der Waals surface area contributed by atoms with Crippen molar-refractivity contribution in [3.8, 4) is 0 Å². The maximum Gasteiger partial charge on any atom is -0.00173 e. The van der Waals surface area contributed by atoms with Gasteiger partial charge in [0.1, 0.15) is 0 Å². The van der Waals surface area contributed by atoms with E-state index in [-0.39, 0.29) is 0 Å². The van der Waals surface area contributed by atoms with Crippen molar-refractivity contribution in [3.05, 3.63) is 0 Å². The van der Waals surface area contributed by atoms with Gasteiger partial charge in [0.15, 0.2) is 0 Å². The summed E-state index contributed by atoms with van der Waals surface area (Å²) in [6, 6.07) is 0. The standard InChI is InChI=1S/C15H34N4/c1-3-16-7-5-9-18-12-14-11-15(14)13-19-10-6-8-17-4-2/h14-19H,3-13H2,1-2H3/t14-,15-/m1/s1. The monoisotopic (exact) mass is 270 g/mol. The van der Waals surface area contributed by atoms with Gasteiger partial charge in [-0.2, -0.15) is 0 Å². The minimum absolute atomic E-state index is 0.931. The lowest BCUT2D eigenvalue weighted by Gasteiger charge is -2.06. The molecule has 4 heteroatoms. The van der Waals surface area contributed by atoms with E-state index in [1.54, 1.807) is 0 Å². The van der Waals surface area contributed by atoms with Gasteiger partial charge >= 0.3 is 0 Å². The van der Waals surface area contributed by atoms with Crippen LogP contribution in [0.25, 0.3) is 0 Å². The van der Waals surface area contributed by atoms with E-state index in [2.05, 4.69) is 35.1 Å². The topological polar surface area (TPSA) is 48.1 Å².